The number of hydrogen-bond acceptors (Lipinski definition) is 2. The zero-order valence-electron chi connectivity index (χ0n) is 12.9. The predicted octanol–water partition coefficient (Wildman–Crippen LogP) is 3.70. The number of carbonyl (C=O) groups is 1. The third-order valence-corrected chi connectivity index (χ3v) is 4.01. The molecule has 0 aliphatic heterocycles. The predicted molar refractivity (Wildman–Crippen MR) is 92.4 cm³/mol. The molecule has 2 aromatic carbocycles. The summed E-state index contributed by atoms with van der Waals surface area (Å²) in [5.74, 6) is 0.0104. The van der Waals surface area contributed by atoms with Crippen molar-refractivity contribution >= 4 is 28.4 Å². The van der Waals surface area contributed by atoms with Crippen molar-refractivity contribution in [3.05, 3.63) is 64.8 Å². The summed E-state index contributed by atoms with van der Waals surface area (Å²) in [6.07, 6.45) is 2.23. The molecular weight excluding hydrogens is 310 g/mol. The van der Waals surface area contributed by atoms with Gasteiger partial charge in [-0.15, -0.1) is 0 Å². The first-order valence-corrected chi connectivity index (χ1v) is 7.93. The summed E-state index contributed by atoms with van der Waals surface area (Å²) in [5.41, 5.74) is 3.28. The van der Waals surface area contributed by atoms with E-state index in [0.29, 0.717) is 24.5 Å². The quantitative estimate of drug-likeness (QED) is 0.776. The van der Waals surface area contributed by atoms with Crippen LogP contribution in [0.15, 0.2) is 48.7 Å². The first-order chi connectivity index (χ1) is 11.1. The van der Waals surface area contributed by atoms with Crippen LogP contribution >= 0.6 is 11.6 Å². The van der Waals surface area contributed by atoms with Crippen LogP contribution in [0.2, 0.25) is 5.02 Å². The molecule has 0 bridgehead atoms. The second kappa shape index (κ2) is 6.84. The molecule has 0 fully saturated rings. The Kier molecular flexibility index (Phi) is 4.63. The van der Waals surface area contributed by atoms with Gasteiger partial charge < -0.3 is 5.32 Å². The van der Waals surface area contributed by atoms with Crippen molar-refractivity contribution in [3.63, 3.8) is 0 Å². The van der Waals surface area contributed by atoms with Gasteiger partial charge in [-0.2, -0.15) is 5.10 Å². The molecule has 0 aliphatic rings. The molecule has 1 heterocycles. The Bertz CT molecular complexity index is 824. The Morgan fingerprint density at radius 1 is 1.22 bits per heavy atom. The first kappa shape index (κ1) is 15.6. The van der Waals surface area contributed by atoms with Crippen LogP contribution in [0.25, 0.3) is 10.9 Å². The lowest BCUT2D eigenvalue weighted by Crippen LogP contribution is -2.24. The molecule has 3 rings (SSSR count). The number of carbonyl (C=O) groups excluding carboxylic acids is 1. The van der Waals surface area contributed by atoms with Crippen LogP contribution < -0.4 is 5.32 Å². The lowest BCUT2D eigenvalue weighted by Gasteiger charge is -2.07. The topological polar surface area (TPSA) is 46.9 Å². The molecule has 3 aromatic rings. The van der Waals surface area contributed by atoms with Crippen LogP contribution in [-0.2, 0) is 17.9 Å². The van der Waals surface area contributed by atoms with Gasteiger partial charge in [0.25, 0.3) is 0 Å². The second-order valence-electron chi connectivity index (χ2n) is 5.58. The molecule has 4 nitrogen and oxygen atoms in total. The summed E-state index contributed by atoms with van der Waals surface area (Å²) in [6.45, 7) is 3.13. The lowest BCUT2D eigenvalue weighted by molar-refractivity contribution is -0.121. The van der Waals surface area contributed by atoms with Gasteiger partial charge in [0.1, 0.15) is 0 Å². The molecule has 5 heteroatoms. The zero-order valence-corrected chi connectivity index (χ0v) is 13.7. The maximum atomic E-state index is 12.0. The van der Waals surface area contributed by atoms with Crippen molar-refractivity contribution in [1.82, 2.24) is 15.1 Å². The van der Waals surface area contributed by atoms with Crippen LogP contribution in [0.3, 0.4) is 0 Å². The smallest absolute Gasteiger partial charge is 0.222 e. The Morgan fingerprint density at radius 2 is 2.00 bits per heavy atom. The fourth-order valence-electron chi connectivity index (χ4n) is 2.46. The number of nitrogens with one attached hydrogen (secondary N) is 1. The average molecular weight is 328 g/mol. The second-order valence-corrected chi connectivity index (χ2v) is 6.02. The summed E-state index contributed by atoms with van der Waals surface area (Å²) in [4.78, 5) is 12.0. The number of rotatable bonds is 5. The fraction of sp³-hybridized carbons (Fsp3) is 0.222. The van der Waals surface area contributed by atoms with E-state index >= 15 is 0 Å². The lowest BCUT2D eigenvalue weighted by atomic mass is 10.2. The highest BCUT2D eigenvalue weighted by molar-refractivity contribution is 6.30. The number of aryl methyl sites for hydroxylation is 2. The molecule has 0 aliphatic carbocycles. The van der Waals surface area contributed by atoms with Gasteiger partial charge in [0.15, 0.2) is 0 Å². The van der Waals surface area contributed by atoms with Gasteiger partial charge in [-0.3, -0.25) is 9.48 Å². The third-order valence-electron chi connectivity index (χ3n) is 3.75. The molecular formula is C18H18ClN3O. The Labute approximate surface area is 140 Å². The Morgan fingerprint density at radius 3 is 2.78 bits per heavy atom. The van der Waals surface area contributed by atoms with E-state index in [4.69, 9.17) is 11.6 Å². The molecule has 0 unspecified atom stereocenters. The Hall–Kier alpha value is -2.33. The fourth-order valence-corrected chi connectivity index (χ4v) is 2.58. The highest BCUT2D eigenvalue weighted by atomic mass is 35.5. The Balaban J connectivity index is 1.55. The van der Waals surface area contributed by atoms with Gasteiger partial charge in [-0.25, -0.2) is 0 Å². The summed E-state index contributed by atoms with van der Waals surface area (Å²) in [5, 5.41) is 9.07. The number of benzene rings is 2. The normalized spacial score (nSPS) is 10.9. The van der Waals surface area contributed by atoms with E-state index in [1.807, 2.05) is 35.1 Å². The first-order valence-electron chi connectivity index (χ1n) is 7.55. The van der Waals surface area contributed by atoms with Gasteiger partial charge >= 0.3 is 0 Å². The minimum atomic E-state index is 0.0104. The monoisotopic (exact) mass is 327 g/mol. The standard InChI is InChI=1S/C18H18ClN3O/c1-13-2-5-15-12-21-22(17(15)10-13)9-8-18(23)20-11-14-3-6-16(19)7-4-14/h2-7,10,12H,8-9,11H2,1H3,(H,20,23). The van der Waals surface area contributed by atoms with Gasteiger partial charge in [0.05, 0.1) is 18.3 Å². The SMILES string of the molecule is Cc1ccc2cnn(CCC(=O)NCc3ccc(Cl)cc3)c2c1. The van der Waals surface area contributed by atoms with Crippen molar-refractivity contribution in [2.45, 2.75) is 26.4 Å². The summed E-state index contributed by atoms with van der Waals surface area (Å²) in [6, 6.07) is 13.7. The largest absolute Gasteiger partial charge is 0.352 e. The number of hydrogen-bond donors (Lipinski definition) is 1. The number of amides is 1. The van der Waals surface area contributed by atoms with Crippen molar-refractivity contribution in [3.8, 4) is 0 Å². The molecule has 0 spiro atoms. The van der Waals surface area contributed by atoms with Crippen molar-refractivity contribution < 1.29 is 4.79 Å². The van der Waals surface area contributed by atoms with Crippen molar-refractivity contribution in [1.29, 1.82) is 0 Å². The number of halogens is 1. The van der Waals surface area contributed by atoms with Crippen LogP contribution in [0.1, 0.15) is 17.5 Å². The highest BCUT2D eigenvalue weighted by Crippen LogP contribution is 2.15. The molecule has 0 atom stereocenters. The zero-order chi connectivity index (χ0) is 16.2. The van der Waals surface area contributed by atoms with Gasteiger partial charge in [-0.05, 0) is 36.2 Å². The van der Waals surface area contributed by atoms with Crippen molar-refractivity contribution in [2.24, 2.45) is 0 Å². The number of fused-ring (bicyclic) bond motifs is 1. The summed E-state index contributed by atoms with van der Waals surface area (Å²) in [7, 11) is 0. The average Bonchev–Trinajstić information content (AvgIpc) is 2.94. The molecule has 0 saturated carbocycles. The van der Waals surface area contributed by atoms with E-state index in [2.05, 4.69) is 35.5 Å². The van der Waals surface area contributed by atoms with Gasteiger partial charge in [0.2, 0.25) is 5.91 Å². The van der Waals surface area contributed by atoms with Crippen LogP contribution in [0, 0.1) is 6.92 Å². The van der Waals surface area contributed by atoms with E-state index in [1.165, 1.54) is 5.56 Å². The van der Waals surface area contributed by atoms with Crippen LogP contribution in [0.5, 0.6) is 0 Å². The number of nitrogens with zero attached hydrogens (tertiary/aromatic N) is 2. The summed E-state index contributed by atoms with van der Waals surface area (Å²) < 4.78 is 1.88. The van der Waals surface area contributed by atoms with Crippen molar-refractivity contribution in [2.75, 3.05) is 0 Å². The van der Waals surface area contributed by atoms with Crippen LogP contribution in [-0.4, -0.2) is 15.7 Å². The molecule has 23 heavy (non-hydrogen) atoms. The van der Waals surface area contributed by atoms with E-state index in [1.54, 1.807) is 0 Å². The molecule has 118 valence electrons. The summed E-state index contributed by atoms with van der Waals surface area (Å²) >= 11 is 5.84. The maximum Gasteiger partial charge on any atom is 0.222 e. The minimum Gasteiger partial charge on any atom is -0.352 e. The van der Waals surface area contributed by atoms with E-state index in [9.17, 15) is 4.79 Å². The molecule has 1 N–H and O–H groups in total. The van der Waals surface area contributed by atoms with E-state index < -0.39 is 0 Å². The van der Waals surface area contributed by atoms with Crippen LogP contribution in [0.4, 0.5) is 0 Å². The minimum absolute atomic E-state index is 0.0104. The molecule has 1 amide bonds. The third kappa shape index (κ3) is 3.90. The van der Waals surface area contributed by atoms with E-state index in [0.717, 1.165) is 16.5 Å². The highest BCUT2D eigenvalue weighted by Gasteiger charge is 2.06. The molecule has 1 aromatic heterocycles. The maximum absolute atomic E-state index is 12.0. The van der Waals surface area contributed by atoms with Gasteiger partial charge in [-0.1, -0.05) is 35.9 Å². The molecule has 0 radical (unpaired) electrons. The molecule has 0 saturated heterocycles. The van der Waals surface area contributed by atoms with E-state index in [-0.39, 0.29) is 5.91 Å². The van der Waals surface area contributed by atoms with Gasteiger partial charge in [0, 0.05) is 23.4 Å². The number of aromatic nitrogens is 2.